The van der Waals surface area contributed by atoms with E-state index in [0.29, 0.717) is 6.54 Å². The van der Waals surface area contributed by atoms with E-state index in [9.17, 15) is 4.79 Å². The number of carbonyl (C=O) groups is 1. The van der Waals surface area contributed by atoms with Gasteiger partial charge < -0.3 is 15.7 Å². The molecule has 0 fully saturated rings. The van der Waals surface area contributed by atoms with Gasteiger partial charge in [0.15, 0.2) is 0 Å². The lowest BCUT2D eigenvalue weighted by molar-refractivity contribution is -0.119. The molecule has 4 heteroatoms. The van der Waals surface area contributed by atoms with E-state index in [2.05, 4.69) is 10.6 Å². The maximum atomic E-state index is 10.7. The lowest BCUT2D eigenvalue weighted by Crippen LogP contribution is -2.31. The van der Waals surface area contributed by atoms with Crippen molar-refractivity contribution in [2.45, 2.75) is 19.3 Å². The molecular weight excluding hydrogens is 156 g/mol. The second kappa shape index (κ2) is 8.49. The quantitative estimate of drug-likeness (QED) is 0.455. The van der Waals surface area contributed by atoms with Gasteiger partial charge in [-0.25, -0.2) is 0 Å². The van der Waals surface area contributed by atoms with E-state index in [1.54, 1.807) is 7.05 Å². The molecule has 12 heavy (non-hydrogen) atoms. The SMILES string of the molecule is CNC(=O)CNCCCCCO. The summed E-state index contributed by atoms with van der Waals surface area (Å²) in [6.45, 7) is 1.48. The molecule has 0 aromatic heterocycles. The summed E-state index contributed by atoms with van der Waals surface area (Å²) in [6.07, 6.45) is 2.87. The van der Waals surface area contributed by atoms with Gasteiger partial charge in [-0.05, 0) is 25.8 Å². The molecule has 0 aromatic carbocycles. The first kappa shape index (κ1) is 11.4. The Labute approximate surface area is 73.3 Å². The maximum absolute atomic E-state index is 10.7. The third kappa shape index (κ3) is 7.50. The van der Waals surface area contributed by atoms with Crippen LogP contribution in [-0.2, 0) is 4.79 Å². The van der Waals surface area contributed by atoms with Crippen molar-refractivity contribution in [2.75, 3.05) is 26.7 Å². The summed E-state index contributed by atoms with van der Waals surface area (Å²) in [5.74, 6) is 0.0113. The Hall–Kier alpha value is -0.610. The predicted octanol–water partition coefficient (Wildman–Crippen LogP) is -0.515. The fraction of sp³-hybridized carbons (Fsp3) is 0.875. The molecule has 0 spiro atoms. The standard InChI is InChI=1S/C8H18N2O2/c1-9-8(12)7-10-5-3-2-4-6-11/h10-11H,2-7H2,1H3,(H,9,12). The van der Waals surface area contributed by atoms with E-state index in [1.165, 1.54) is 0 Å². The number of likely N-dealkylation sites (N-methyl/N-ethyl adjacent to an activating group) is 1. The van der Waals surface area contributed by atoms with Crippen LogP contribution in [0.25, 0.3) is 0 Å². The summed E-state index contributed by atoms with van der Waals surface area (Å²) >= 11 is 0. The normalized spacial score (nSPS) is 9.83. The molecule has 0 aliphatic carbocycles. The molecule has 0 saturated heterocycles. The van der Waals surface area contributed by atoms with Crippen LogP contribution in [0.5, 0.6) is 0 Å². The average molecular weight is 174 g/mol. The summed E-state index contributed by atoms with van der Waals surface area (Å²) in [5.41, 5.74) is 0. The minimum absolute atomic E-state index is 0.0113. The Morgan fingerprint density at radius 2 is 2.08 bits per heavy atom. The van der Waals surface area contributed by atoms with Crippen LogP contribution in [-0.4, -0.2) is 37.8 Å². The zero-order chi connectivity index (χ0) is 9.23. The van der Waals surface area contributed by atoms with Gasteiger partial charge in [-0.1, -0.05) is 0 Å². The van der Waals surface area contributed by atoms with E-state index in [0.717, 1.165) is 25.8 Å². The van der Waals surface area contributed by atoms with Gasteiger partial charge in [-0.3, -0.25) is 4.79 Å². The molecule has 0 aromatic rings. The number of aliphatic hydroxyl groups is 1. The highest BCUT2D eigenvalue weighted by Gasteiger charge is 1.94. The fourth-order valence-corrected chi connectivity index (χ4v) is 0.829. The van der Waals surface area contributed by atoms with Gasteiger partial charge in [0, 0.05) is 13.7 Å². The van der Waals surface area contributed by atoms with E-state index in [4.69, 9.17) is 5.11 Å². The van der Waals surface area contributed by atoms with Crippen molar-refractivity contribution in [3.63, 3.8) is 0 Å². The third-order valence-electron chi connectivity index (χ3n) is 1.58. The number of unbranched alkanes of at least 4 members (excludes halogenated alkanes) is 2. The summed E-state index contributed by atoms with van der Waals surface area (Å²) in [5, 5.41) is 14.0. The van der Waals surface area contributed by atoms with Crippen LogP contribution in [0.4, 0.5) is 0 Å². The van der Waals surface area contributed by atoms with Crippen LogP contribution < -0.4 is 10.6 Å². The number of carbonyl (C=O) groups excluding carboxylic acids is 1. The van der Waals surface area contributed by atoms with Crippen molar-refractivity contribution in [3.8, 4) is 0 Å². The molecule has 0 aliphatic rings. The zero-order valence-electron chi connectivity index (χ0n) is 7.60. The molecule has 0 bridgehead atoms. The minimum Gasteiger partial charge on any atom is -0.396 e. The number of amides is 1. The zero-order valence-corrected chi connectivity index (χ0v) is 7.60. The van der Waals surface area contributed by atoms with Gasteiger partial charge in [0.05, 0.1) is 6.54 Å². The molecule has 0 unspecified atom stereocenters. The summed E-state index contributed by atoms with van der Waals surface area (Å²) in [4.78, 5) is 10.7. The number of hydrogen-bond donors (Lipinski definition) is 3. The highest BCUT2D eigenvalue weighted by atomic mass is 16.2. The Morgan fingerprint density at radius 1 is 1.33 bits per heavy atom. The van der Waals surface area contributed by atoms with E-state index < -0.39 is 0 Å². The van der Waals surface area contributed by atoms with Crippen LogP contribution in [0.15, 0.2) is 0 Å². The molecular formula is C8H18N2O2. The van der Waals surface area contributed by atoms with Gasteiger partial charge in [0.25, 0.3) is 0 Å². The number of aliphatic hydroxyl groups excluding tert-OH is 1. The van der Waals surface area contributed by atoms with E-state index in [1.807, 2.05) is 0 Å². The van der Waals surface area contributed by atoms with Crippen molar-refractivity contribution in [1.82, 2.24) is 10.6 Å². The lowest BCUT2D eigenvalue weighted by atomic mass is 10.2. The predicted molar refractivity (Wildman–Crippen MR) is 47.9 cm³/mol. The van der Waals surface area contributed by atoms with E-state index >= 15 is 0 Å². The Balaban J connectivity index is 2.95. The summed E-state index contributed by atoms with van der Waals surface area (Å²) in [7, 11) is 1.62. The van der Waals surface area contributed by atoms with Crippen molar-refractivity contribution in [3.05, 3.63) is 0 Å². The Bertz CT molecular complexity index is 118. The molecule has 0 aliphatic heterocycles. The number of nitrogens with one attached hydrogen (secondary N) is 2. The molecule has 1 amide bonds. The smallest absolute Gasteiger partial charge is 0.233 e. The second-order valence-electron chi connectivity index (χ2n) is 2.63. The lowest BCUT2D eigenvalue weighted by Gasteiger charge is -2.02. The Morgan fingerprint density at radius 3 is 2.67 bits per heavy atom. The first-order valence-electron chi connectivity index (χ1n) is 4.33. The first-order chi connectivity index (χ1) is 5.81. The molecule has 3 N–H and O–H groups in total. The largest absolute Gasteiger partial charge is 0.396 e. The highest BCUT2D eigenvalue weighted by molar-refractivity contribution is 5.77. The van der Waals surface area contributed by atoms with Crippen molar-refractivity contribution in [2.24, 2.45) is 0 Å². The van der Waals surface area contributed by atoms with Crippen LogP contribution in [0.1, 0.15) is 19.3 Å². The van der Waals surface area contributed by atoms with Crippen LogP contribution in [0.3, 0.4) is 0 Å². The topological polar surface area (TPSA) is 61.4 Å². The van der Waals surface area contributed by atoms with E-state index in [-0.39, 0.29) is 12.5 Å². The van der Waals surface area contributed by atoms with Crippen LogP contribution in [0.2, 0.25) is 0 Å². The van der Waals surface area contributed by atoms with Gasteiger partial charge in [-0.15, -0.1) is 0 Å². The molecule has 0 saturated carbocycles. The first-order valence-corrected chi connectivity index (χ1v) is 4.33. The van der Waals surface area contributed by atoms with Gasteiger partial charge in [0.1, 0.15) is 0 Å². The molecule has 4 nitrogen and oxygen atoms in total. The maximum Gasteiger partial charge on any atom is 0.233 e. The summed E-state index contributed by atoms with van der Waals surface area (Å²) in [6, 6.07) is 0. The monoisotopic (exact) mass is 174 g/mol. The number of rotatable bonds is 7. The van der Waals surface area contributed by atoms with Crippen molar-refractivity contribution < 1.29 is 9.90 Å². The molecule has 72 valence electrons. The molecule has 0 atom stereocenters. The van der Waals surface area contributed by atoms with Crippen molar-refractivity contribution in [1.29, 1.82) is 0 Å². The van der Waals surface area contributed by atoms with Gasteiger partial charge in [-0.2, -0.15) is 0 Å². The molecule has 0 heterocycles. The highest BCUT2D eigenvalue weighted by Crippen LogP contribution is 1.91. The minimum atomic E-state index is 0.0113. The molecule has 0 radical (unpaired) electrons. The van der Waals surface area contributed by atoms with Gasteiger partial charge in [0.2, 0.25) is 5.91 Å². The fourth-order valence-electron chi connectivity index (χ4n) is 0.829. The third-order valence-corrected chi connectivity index (χ3v) is 1.58. The van der Waals surface area contributed by atoms with Crippen LogP contribution >= 0.6 is 0 Å². The van der Waals surface area contributed by atoms with Crippen LogP contribution in [0, 0.1) is 0 Å². The Kier molecular flexibility index (Phi) is 8.05. The van der Waals surface area contributed by atoms with Crippen molar-refractivity contribution >= 4 is 5.91 Å². The second-order valence-corrected chi connectivity index (χ2v) is 2.63. The average Bonchev–Trinajstić information content (AvgIpc) is 2.10. The van der Waals surface area contributed by atoms with Gasteiger partial charge >= 0.3 is 0 Å². The molecule has 0 rings (SSSR count). The number of hydrogen-bond acceptors (Lipinski definition) is 3. The summed E-state index contributed by atoms with van der Waals surface area (Å²) < 4.78 is 0.